The van der Waals surface area contributed by atoms with Gasteiger partial charge in [0.25, 0.3) is 5.22 Å². The molecule has 2 rings (SSSR count). The molecule has 0 radical (unpaired) electrons. The first-order chi connectivity index (χ1) is 10.5. The zero-order valence-corrected chi connectivity index (χ0v) is 13.0. The van der Waals surface area contributed by atoms with Gasteiger partial charge < -0.3 is 23.8 Å². The van der Waals surface area contributed by atoms with Gasteiger partial charge in [-0.25, -0.2) is 0 Å². The molecular formula is C14H13N2O5S-. The predicted molar refractivity (Wildman–Crippen MR) is 77.4 cm³/mol. The van der Waals surface area contributed by atoms with Gasteiger partial charge in [-0.2, -0.15) is 0 Å². The number of hydrogen-bond acceptors (Lipinski definition) is 8. The van der Waals surface area contributed by atoms with Gasteiger partial charge in [-0.15, -0.1) is 10.2 Å². The summed E-state index contributed by atoms with van der Waals surface area (Å²) in [5, 5.41) is 18.8. The zero-order valence-electron chi connectivity index (χ0n) is 12.2. The Hall–Kier alpha value is -2.48. The van der Waals surface area contributed by atoms with Crippen molar-refractivity contribution in [3.63, 3.8) is 0 Å². The van der Waals surface area contributed by atoms with Crippen molar-refractivity contribution in [2.75, 3.05) is 14.2 Å². The molecule has 0 amide bonds. The predicted octanol–water partition coefficient (Wildman–Crippen LogP) is 1.28. The van der Waals surface area contributed by atoms with Gasteiger partial charge in [0.05, 0.1) is 20.2 Å². The van der Waals surface area contributed by atoms with Crippen LogP contribution in [0.4, 0.5) is 0 Å². The Labute approximate surface area is 130 Å². The molecule has 0 aliphatic heterocycles. The standard InChI is InChI=1S/C14H14N2O5S/c1-8-15-16-14(21-8)22-11(13(17)18)7-9-5-4-6-10(19-2)12(9)20-3/h4-7H,1-3H3,(H,17,18)/p-1/b11-7-. The number of nitrogens with zero attached hydrogens (tertiary/aromatic N) is 2. The summed E-state index contributed by atoms with van der Waals surface area (Å²) >= 11 is 0.808. The third-order valence-electron chi connectivity index (χ3n) is 2.63. The SMILES string of the molecule is COc1cccc(/C=C(\Sc2nnc(C)o2)C(=O)[O-])c1OC. The van der Waals surface area contributed by atoms with Gasteiger partial charge in [0.2, 0.25) is 5.89 Å². The minimum atomic E-state index is -1.36. The van der Waals surface area contributed by atoms with E-state index in [1.54, 1.807) is 25.1 Å². The molecule has 0 unspecified atom stereocenters. The maximum atomic E-state index is 11.3. The van der Waals surface area contributed by atoms with Crippen molar-refractivity contribution in [3.8, 4) is 11.5 Å². The van der Waals surface area contributed by atoms with Gasteiger partial charge in [-0.3, -0.25) is 0 Å². The molecule has 22 heavy (non-hydrogen) atoms. The van der Waals surface area contributed by atoms with Gasteiger partial charge in [0.15, 0.2) is 11.5 Å². The molecule has 116 valence electrons. The van der Waals surface area contributed by atoms with Crippen molar-refractivity contribution in [1.82, 2.24) is 10.2 Å². The third-order valence-corrected chi connectivity index (χ3v) is 3.47. The summed E-state index contributed by atoms with van der Waals surface area (Å²) in [6, 6.07) is 5.13. The van der Waals surface area contributed by atoms with E-state index in [-0.39, 0.29) is 10.1 Å². The summed E-state index contributed by atoms with van der Waals surface area (Å²) in [6.07, 6.45) is 1.40. The van der Waals surface area contributed by atoms with Gasteiger partial charge in [0, 0.05) is 17.4 Å². The number of benzene rings is 1. The Morgan fingerprint density at radius 1 is 1.32 bits per heavy atom. The van der Waals surface area contributed by atoms with Crippen LogP contribution < -0.4 is 14.6 Å². The van der Waals surface area contributed by atoms with Crippen LogP contribution in [0.25, 0.3) is 6.08 Å². The Morgan fingerprint density at radius 3 is 2.64 bits per heavy atom. The van der Waals surface area contributed by atoms with E-state index in [9.17, 15) is 9.90 Å². The van der Waals surface area contributed by atoms with Crippen molar-refractivity contribution in [2.24, 2.45) is 0 Å². The number of aliphatic carboxylic acids is 1. The van der Waals surface area contributed by atoms with Crippen LogP contribution in [-0.2, 0) is 4.79 Å². The summed E-state index contributed by atoms with van der Waals surface area (Å²) in [5.41, 5.74) is 0.532. The van der Waals surface area contributed by atoms with E-state index in [0.29, 0.717) is 23.0 Å². The minimum absolute atomic E-state index is 0.0878. The van der Waals surface area contributed by atoms with Gasteiger partial charge >= 0.3 is 0 Å². The molecule has 1 heterocycles. The highest BCUT2D eigenvalue weighted by Gasteiger charge is 2.12. The second kappa shape index (κ2) is 6.99. The lowest BCUT2D eigenvalue weighted by Crippen LogP contribution is -2.23. The number of carboxylic acid groups (broad SMARTS) is 1. The molecule has 0 spiro atoms. The Balaban J connectivity index is 2.40. The van der Waals surface area contributed by atoms with Crippen LogP contribution in [-0.4, -0.2) is 30.4 Å². The van der Waals surface area contributed by atoms with E-state index >= 15 is 0 Å². The molecule has 0 aliphatic carbocycles. The summed E-state index contributed by atoms with van der Waals surface area (Å²) in [5.74, 6) is -0.0940. The van der Waals surface area contributed by atoms with Gasteiger partial charge in [0.1, 0.15) is 0 Å². The van der Waals surface area contributed by atoms with E-state index in [4.69, 9.17) is 13.9 Å². The average Bonchev–Trinajstić information content (AvgIpc) is 2.91. The molecule has 0 fully saturated rings. The molecule has 7 nitrogen and oxygen atoms in total. The summed E-state index contributed by atoms with van der Waals surface area (Å²) in [4.78, 5) is 11.2. The highest BCUT2D eigenvalue weighted by Crippen LogP contribution is 2.34. The fourth-order valence-corrected chi connectivity index (χ4v) is 2.41. The number of carbonyl (C=O) groups excluding carboxylic acids is 1. The van der Waals surface area contributed by atoms with Crippen LogP contribution >= 0.6 is 11.8 Å². The average molecular weight is 321 g/mol. The van der Waals surface area contributed by atoms with E-state index in [2.05, 4.69) is 10.2 Å². The molecule has 0 bridgehead atoms. The maximum absolute atomic E-state index is 11.3. The first kappa shape index (κ1) is 15.9. The zero-order chi connectivity index (χ0) is 16.1. The number of carboxylic acids is 1. The van der Waals surface area contributed by atoms with E-state index in [1.807, 2.05) is 0 Å². The molecule has 8 heteroatoms. The largest absolute Gasteiger partial charge is 0.544 e. The summed E-state index contributed by atoms with van der Waals surface area (Å²) in [6.45, 7) is 1.62. The van der Waals surface area contributed by atoms with Crippen LogP contribution in [0.1, 0.15) is 11.5 Å². The number of aromatic nitrogens is 2. The quantitative estimate of drug-likeness (QED) is 0.579. The number of carbonyl (C=O) groups is 1. The highest BCUT2D eigenvalue weighted by molar-refractivity contribution is 8.03. The molecular weight excluding hydrogens is 308 g/mol. The van der Waals surface area contributed by atoms with Crippen molar-refractivity contribution < 1.29 is 23.8 Å². The summed E-state index contributed by atoms with van der Waals surface area (Å²) in [7, 11) is 2.98. The van der Waals surface area contributed by atoms with Crippen molar-refractivity contribution in [2.45, 2.75) is 12.1 Å². The van der Waals surface area contributed by atoms with Crippen molar-refractivity contribution >= 4 is 23.8 Å². The number of rotatable bonds is 6. The Bertz CT molecular complexity index is 711. The number of ether oxygens (including phenoxy) is 2. The number of aryl methyl sites for hydroxylation is 1. The second-order valence-electron chi connectivity index (χ2n) is 4.07. The van der Waals surface area contributed by atoms with Crippen LogP contribution in [0, 0.1) is 6.92 Å². The Kier molecular flexibility index (Phi) is 5.05. The number of hydrogen-bond donors (Lipinski definition) is 0. The van der Waals surface area contributed by atoms with Crippen molar-refractivity contribution in [3.05, 3.63) is 34.6 Å². The van der Waals surface area contributed by atoms with E-state index in [0.717, 1.165) is 11.8 Å². The lowest BCUT2D eigenvalue weighted by atomic mass is 10.1. The smallest absolute Gasteiger partial charge is 0.281 e. The van der Waals surface area contributed by atoms with E-state index < -0.39 is 5.97 Å². The van der Waals surface area contributed by atoms with Gasteiger partial charge in [-0.05, 0) is 23.9 Å². The lowest BCUT2D eigenvalue weighted by Gasteiger charge is -2.11. The fraction of sp³-hybridized carbons (Fsp3) is 0.214. The molecule has 0 saturated carbocycles. The molecule has 0 aliphatic rings. The molecule has 0 saturated heterocycles. The van der Waals surface area contributed by atoms with Crippen LogP contribution in [0.15, 0.2) is 32.7 Å². The normalized spacial score (nSPS) is 11.3. The third kappa shape index (κ3) is 3.59. The first-order valence-electron chi connectivity index (χ1n) is 6.17. The highest BCUT2D eigenvalue weighted by atomic mass is 32.2. The van der Waals surface area contributed by atoms with Crippen LogP contribution in [0.5, 0.6) is 11.5 Å². The number of para-hydroxylation sites is 1. The number of methoxy groups -OCH3 is 2. The molecule has 1 aromatic carbocycles. The van der Waals surface area contributed by atoms with Crippen LogP contribution in [0.3, 0.4) is 0 Å². The first-order valence-corrected chi connectivity index (χ1v) is 6.98. The molecule has 0 atom stereocenters. The number of thioether (sulfide) groups is 1. The Morgan fingerprint density at radius 2 is 2.09 bits per heavy atom. The summed E-state index contributed by atoms with van der Waals surface area (Å²) < 4.78 is 15.6. The second-order valence-corrected chi connectivity index (χ2v) is 5.06. The minimum Gasteiger partial charge on any atom is -0.544 e. The molecule has 2 aromatic rings. The van der Waals surface area contributed by atoms with Crippen molar-refractivity contribution in [1.29, 1.82) is 0 Å². The van der Waals surface area contributed by atoms with Gasteiger partial charge in [-0.1, -0.05) is 12.1 Å². The fourth-order valence-electron chi connectivity index (χ4n) is 1.71. The van der Waals surface area contributed by atoms with Crippen LogP contribution in [0.2, 0.25) is 0 Å². The topological polar surface area (TPSA) is 97.5 Å². The molecule has 1 aromatic heterocycles. The lowest BCUT2D eigenvalue weighted by molar-refractivity contribution is -0.298. The van der Waals surface area contributed by atoms with E-state index in [1.165, 1.54) is 20.3 Å². The monoisotopic (exact) mass is 321 g/mol. The maximum Gasteiger partial charge on any atom is 0.281 e. The molecule has 0 N–H and O–H groups in total.